The van der Waals surface area contributed by atoms with Gasteiger partial charge >= 0.3 is 0 Å². The van der Waals surface area contributed by atoms with E-state index in [1.54, 1.807) is 0 Å². The van der Waals surface area contributed by atoms with Crippen LogP contribution in [0.5, 0.6) is 0 Å². The van der Waals surface area contributed by atoms with Gasteiger partial charge < -0.3 is 0 Å². The van der Waals surface area contributed by atoms with Gasteiger partial charge in [0.25, 0.3) is 0 Å². The Morgan fingerprint density at radius 3 is 1.75 bits per heavy atom. The van der Waals surface area contributed by atoms with E-state index in [1.807, 2.05) is 0 Å². The van der Waals surface area contributed by atoms with Gasteiger partial charge in [0.2, 0.25) is 0 Å². The largest absolute Gasteiger partial charge is 0.0622 e. The van der Waals surface area contributed by atoms with Gasteiger partial charge in [0.1, 0.15) is 0 Å². The highest BCUT2D eigenvalue weighted by Crippen LogP contribution is 2.60. The lowest BCUT2D eigenvalue weighted by molar-refractivity contribution is 0.507. The van der Waals surface area contributed by atoms with Crippen LogP contribution in [0, 0.1) is 0 Å². The molecule has 1 aliphatic rings. The first-order valence-corrected chi connectivity index (χ1v) is 12.5. The standard InChI is InChI=1S/C30H24Br2/c1-30(24-10-6-3-7-11-24)28(22-12-16-25(31)17-13-22)20-27(21-8-4-2-5-9-21)29(30)23-14-18-26(32)19-15-23/h2-19,28H,20H2,1H3/t28-,30-/m0/s1. The maximum absolute atomic E-state index is 3.62. The van der Waals surface area contributed by atoms with E-state index in [0.29, 0.717) is 5.92 Å². The molecular weight excluding hydrogens is 520 g/mol. The maximum Gasteiger partial charge on any atom is 0.0255 e. The molecule has 0 nitrogen and oxygen atoms in total. The Morgan fingerprint density at radius 2 is 1.16 bits per heavy atom. The molecule has 4 aromatic rings. The fraction of sp³-hybridized carbons (Fsp3) is 0.133. The third-order valence-electron chi connectivity index (χ3n) is 6.83. The van der Waals surface area contributed by atoms with Gasteiger partial charge in [0.15, 0.2) is 0 Å². The minimum absolute atomic E-state index is 0.159. The fourth-order valence-corrected chi connectivity index (χ4v) is 5.79. The molecule has 0 bridgehead atoms. The Hall–Kier alpha value is -2.42. The Bertz CT molecular complexity index is 1240. The molecule has 32 heavy (non-hydrogen) atoms. The minimum atomic E-state index is -0.159. The first-order valence-electron chi connectivity index (χ1n) is 10.9. The van der Waals surface area contributed by atoms with Crippen molar-refractivity contribution in [1.29, 1.82) is 0 Å². The molecule has 0 spiro atoms. The van der Waals surface area contributed by atoms with Gasteiger partial charge in [-0.05, 0) is 64.1 Å². The van der Waals surface area contributed by atoms with Gasteiger partial charge in [-0.2, -0.15) is 0 Å². The molecule has 2 atom stereocenters. The predicted molar refractivity (Wildman–Crippen MR) is 143 cm³/mol. The van der Waals surface area contributed by atoms with E-state index >= 15 is 0 Å². The zero-order valence-electron chi connectivity index (χ0n) is 17.9. The molecule has 0 saturated heterocycles. The van der Waals surface area contributed by atoms with Crippen LogP contribution in [0.2, 0.25) is 0 Å². The molecule has 4 aromatic carbocycles. The molecule has 2 heteroatoms. The summed E-state index contributed by atoms with van der Waals surface area (Å²) < 4.78 is 2.22. The average molecular weight is 544 g/mol. The van der Waals surface area contributed by atoms with Crippen LogP contribution in [0.4, 0.5) is 0 Å². The molecule has 0 aliphatic heterocycles. The molecule has 0 radical (unpaired) electrons. The van der Waals surface area contributed by atoms with E-state index in [1.165, 1.54) is 33.4 Å². The van der Waals surface area contributed by atoms with Gasteiger partial charge in [-0.1, -0.05) is 124 Å². The van der Waals surface area contributed by atoms with E-state index in [9.17, 15) is 0 Å². The second kappa shape index (κ2) is 8.84. The molecule has 0 fully saturated rings. The quantitative estimate of drug-likeness (QED) is 0.240. The van der Waals surface area contributed by atoms with Gasteiger partial charge in [0, 0.05) is 20.3 Å². The third-order valence-corrected chi connectivity index (χ3v) is 7.88. The lowest BCUT2D eigenvalue weighted by Crippen LogP contribution is -2.28. The molecule has 0 N–H and O–H groups in total. The van der Waals surface area contributed by atoms with Crippen LogP contribution in [0.1, 0.15) is 41.5 Å². The van der Waals surface area contributed by atoms with Crippen LogP contribution >= 0.6 is 31.9 Å². The van der Waals surface area contributed by atoms with Crippen LogP contribution < -0.4 is 0 Å². The van der Waals surface area contributed by atoms with Crippen molar-refractivity contribution >= 4 is 43.0 Å². The van der Waals surface area contributed by atoms with Crippen LogP contribution in [0.15, 0.2) is 118 Å². The van der Waals surface area contributed by atoms with Gasteiger partial charge in [-0.3, -0.25) is 0 Å². The molecule has 0 amide bonds. The van der Waals surface area contributed by atoms with Gasteiger partial charge in [-0.25, -0.2) is 0 Å². The average Bonchev–Trinajstić information content (AvgIpc) is 3.15. The Kier molecular flexibility index (Phi) is 5.92. The SMILES string of the molecule is C[C@@]1(c2ccccc2)C(c2ccc(Br)cc2)=C(c2ccccc2)C[C@H]1c1ccc(Br)cc1. The number of allylic oxidation sites excluding steroid dienone is 2. The highest BCUT2D eigenvalue weighted by Gasteiger charge is 2.47. The zero-order chi connectivity index (χ0) is 22.1. The number of halogens is 2. The third kappa shape index (κ3) is 3.80. The van der Waals surface area contributed by atoms with Crippen molar-refractivity contribution in [1.82, 2.24) is 0 Å². The second-order valence-corrected chi connectivity index (χ2v) is 10.4. The predicted octanol–water partition coefficient (Wildman–Crippen LogP) is 9.27. The van der Waals surface area contributed by atoms with E-state index in [0.717, 1.165) is 15.4 Å². The van der Waals surface area contributed by atoms with Crippen LogP contribution in [-0.4, -0.2) is 0 Å². The topological polar surface area (TPSA) is 0 Å². The van der Waals surface area contributed by atoms with Crippen molar-refractivity contribution in [3.05, 3.63) is 140 Å². The van der Waals surface area contributed by atoms with Crippen molar-refractivity contribution < 1.29 is 0 Å². The summed E-state index contributed by atoms with van der Waals surface area (Å²) in [6.07, 6.45) is 1.00. The van der Waals surface area contributed by atoms with Gasteiger partial charge in [0.05, 0.1) is 0 Å². The molecule has 0 unspecified atom stereocenters. The first-order chi connectivity index (χ1) is 15.6. The first kappa shape index (κ1) is 21.4. The van der Waals surface area contributed by atoms with E-state index in [4.69, 9.17) is 0 Å². The minimum Gasteiger partial charge on any atom is -0.0622 e. The van der Waals surface area contributed by atoms with Crippen molar-refractivity contribution in [2.75, 3.05) is 0 Å². The summed E-state index contributed by atoms with van der Waals surface area (Å²) in [6, 6.07) is 39.6. The van der Waals surface area contributed by atoms with Crippen molar-refractivity contribution in [2.45, 2.75) is 24.7 Å². The number of rotatable bonds is 4. The molecule has 0 saturated carbocycles. The van der Waals surface area contributed by atoms with Crippen LogP contribution in [0.25, 0.3) is 11.1 Å². The summed E-state index contributed by atoms with van der Waals surface area (Å²) in [7, 11) is 0. The monoisotopic (exact) mass is 542 g/mol. The summed E-state index contributed by atoms with van der Waals surface area (Å²) >= 11 is 7.24. The smallest absolute Gasteiger partial charge is 0.0255 e. The second-order valence-electron chi connectivity index (χ2n) is 8.60. The summed E-state index contributed by atoms with van der Waals surface area (Å²) in [5.74, 6) is 0.340. The lowest BCUT2D eigenvalue weighted by Gasteiger charge is -2.36. The van der Waals surface area contributed by atoms with Crippen molar-refractivity contribution in [3.8, 4) is 0 Å². The van der Waals surface area contributed by atoms with E-state index in [-0.39, 0.29) is 5.41 Å². The van der Waals surface area contributed by atoms with Crippen LogP contribution in [-0.2, 0) is 5.41 Å². The molecule has 1 aliphatic carbocycles. The Balaban J connectivity index is 1.80. The van der Waals surface area contributed by atoms with Crippen molar-refractivity contribution in [3.63, 3.8) is 0 Å². The number of benzene rings is 4. The van der Waals surface area contributed by atoms with Crippen molar-refractivity contribution in [2.24, 2.45) is 0 Å². The summed E-state index contributed by atoms with van der Waals surface area (Å²) in [5.41, 5.74) is 8.04. The molecule has 0 aromatic heterocycles. The number of hydrogen-bond acceptors (Lipinski definition) is 0. The number of hydrogen-bond donors (Lipinski definition) is 0. The Morgan fingerprint density at radius 1 is 0.625 bits per heavy atom. The summed E-state index contributed by atoms with van der Waals surface area (Å²) in [5, 5.41) is 0. The molecular formula is C30H24Br2. The Labute approximate surface area is 207 Å². The highest BCUT2D eigenvalue weighted by atomic mass is 79.9. The molecule has 158 valence electrons. The van der Waals surface area contributed by atoms with E-state index < -0.39 is 0 Å². The molecule has 0 heterocycles. The maximum atomic E-state index is 3.62. The zero-order valence-corrected chi connectivity index (χ0v) is 21.1. The highest BCUT2D eigenvalue weighted by molar-refractivity contribution is 9.10. The lowest BCUT2D eigenvalue weighted by atomic mass is 9.66. The fourth-order valence-electron chi connectivity index (χ4n) is 5.27. The van der Waals surface area contributed by atoms with E-state index in [2.05, 4.69) is 148 Å². The molecule has 5 rings (SSSR count). The van der Waals surface area contributed by atoms with Crippen LogP contribution in [0.3, 0.4) is 0 Å². The van der Waals surface area contributed by atoms with Gasteiger partial charge in [-0.15, -0.1) is 0 Å². The summed E-state index contributed by atoms with van der Waals surface area (Å²) in [4.78, 5) is 0. The normalized spacial score (nSPS) is 20.5. The summed E-state index contributed by atoms with van der Waals surface area (Å²) in [6.45, 7) is 2.43.